The zero-order valence-electron chi connectivity index (χ0n) is 20.1. The number of hydrogen-bond donors (Lipinski definition) is 1. The van der Waals surface area contributed by atoms with Crippen LogP contribution in [-0.2, 0) is 27.7 Å². The fraction of sp³-hybridized carbons (Fsp3) is 0.259. The number of rotatable bonds is 5. The van der Waals surface area contributed by atoms with Crippen molar-refractivity contribution in [2.24, 2.45) is 0 Å². The summed E-state index contributed by atoms with van der Waals surface area (Å²) in [5, 5.41) is 4.81. The van der Waals surface area contributed by atoms with Crippen molar-refractivity contribution in [3.63, 3.8) is 0 Å². The molecule has 37 heavy (non-hydrogen) atoms. The molecule has 0 radical (unpaired) electrons. The number of anilines is 1. The molecule has 2 aliphatic heterocycles. The average molecular weight is 516 g/mol. The van der Waals surface area contributed by atoms with Crippen molar-refractivity contribution in [3.05, 3.63) is 77.9 Å². The molecule has 0 bridgehead atoms. The number of ether oxygens (including phenoxy) is 1. The summed E-state index contributed by atoms with van der Waals surface area (Å²) in [5.74, 6) is 0.430. The van der Waals surface area contributed by atoms with Gasteiger partial charge in [0.15, 0.2) is 9.84 Å². The second kappa shape index (κ2) is 9.53. The molecular formula is C27H25N5O4S. The lowest BCUT2D eigenvalue weighted by Crippen LogP contribution is -2.37. The summed E-state index contributed by atoms with van der Waals surface area (Å²) in [6.07, 6.45) is 6.51. The van der Waals surface area contributed by atoms with Gasteiger partial charge in [0.1, 0.15) is 5.82 Å². The van der Waals surface area contributed by atoms with E-state index >= 15 is 0 Å². The normalized spacial score (nSPS) is 16.5. The van der Waals surface area contributed by atoms with Gasteiger partial charge in [-0.3, -0.25) is 14.8 Å². The Morgan fingerprint density at radius 3 is 2.76 bits per heavy atom. The Balaban J connectivity index is 1.20. The van der Waals surface area contributed by atoms with Crippen LogP contribution in [0.15, 0.2) is 66.0 Å². The minimum atomic E-state index is -3.49. The molecule has 0 aliphatic carbocycles. The van der Waals surface area contributed by atoms with E-state index in [4.69, 9.17) is 9.72 Å². The summed E-state index contributed by atoms with van der Waals surface area (Å²) in [6, 6.07) is 12.7. The summed E-state index contributed by atoms with van der Waals surface area (Å²) in [7, 11) is -3.49. The molecule has 1 fully saturated rings. The van der Waals surface area contributed by atoms with Crippen LogP contribution in [0.5, 0.6) is 0 Å². The van der Waals surface area contributed by atoms with E-state index in [0.717, 1.165) is 40.9 Å². The maximum atomic E-state index is 12.8. The maximum Gasteiger partial charge on any atom is 0.251 e. The Hall–Kier alpha value is -3.89. The van der Waals surface area contributed by atoms with Gasteiger partial charge in [0.2, 0.25) is 0 Å². The summed E-state index contributed by atoms with van der Waals surface area (Å²) in [6.45, 7) is 2.58. The molecule has 0 atom stereocenters. The lowest BCUT2D eigenvalue weighted by Gasteiger charge is -2.31. The Bertz CT molecular complexity index is 1620. The van der Waals surface area contributed by atoms with Crippen molar-refractivity contribution in [3.8, 4) is 11.3 Å². The van der Waals surface area contributed by atoms with Gasteiger partial charge in [0, 0.05) is 35.8 Å². The smallest absolute Gasteiger partial charge is 0.251 e. The number of carbonyl (C=O) groups excluding carboxylic acids is 1. The van der Waals surface area contributed by atoms with E-state index < -0.39 is 9.84 Å². The second-order valence-electron chi connectivity index (χ2n) is 9.22. The Kier molecular flexibility index (Phi) is 6.05. The predicted octanol–water partition coefficient (Wildman–Crippen LogP) is 3.14. The van der Waals surface area contributed by atoms with E-state index in [1.54, 1.807) is 30.7 Å². The molecule has 9 nitrogen and oxygen atoms in total. The fourth-order valence-electron chi connectivity index (χ4n) is 4.47. The van der Waals surface area contributed by atoms with E-state index in [2.05, 4.69) is 20.2 Å². The van der Waals surface area contributed by atoms with Crippen LogP contribution in [0.4, 0.5) is 5.82 Å². The average Bonchev–Trinajstić information content (AvgIpc) is 3.03. The highest BCUT2D eigenvalue weighted by Crippen LogP contribution is 2.26. The summed E-state index contributed by atoms with van der Waals surface area (Å²) in [4.78, 5) is 28.8. The highest BCUT2D eigenvalue weighted by Gasteiger charge is 2.23. The summed E-state index contributed by atoms with van der Waals surface area (Å²) < 4.78 is 30.4. The molecule has 1 saturated heterocycles. The molecule has 0 saturated carbocycles. The van der Waals surface area contributed by atoms with Gasteiger partial charge < -0.3 is 15.0 Å². The van der Waals surface area contributed by atoms with Gasteiger partial charge in [-0.25, -0.2) is 13.4 Å². The lowest BCUT2D eigenvalue weighted by atomic mass is 10.1. The van der Waals surface area contributed by atoms with Gasteiger partial charge in [-0.1, -0.05) is 18.2 Å². The van der Waals surface area contributed by atoms with Crippen LogP contribution in [0, 0.1) is 0 Å². The van der Waals surface area contributed by atoms with Gasteiger partial charge in [-0.15, -0.1) is 0 Å². The van der Waals surface area contributed by atoms with E-state index in [0.29, 0.717) is 11.3 Å². The zero-order chi connectivity index (χ0) is 25.4. The SMILES string of the molecule is O=C(NCc1cc2cc(-c3cncc(N4CCC4)n3)ccc2cn1)c1ccc2c(c1)S(=O)(=O)CCOC2. The third-order valence-electron chi connectivity index (χ3n) is 6.72. The van der Waals surface area contributed by atoms with Crippen molar-refractivity contribution in [1.82, 2.24) is 20.3 Å². The zero-order valence-corrected chi connectivity index (χ0v) is 20.9. The molecule has 0 spiro atoms. The number of aromatic nitrogens is 3. The quantitative estimate of drug-likeness (QED) is 0.431. The molecule has 188 valence electrons. The van der Waals surface area contributed by atoms with Crippen molar-refractivity contribution >= 4 is 32.3 Å². The summed E-state index contributed by atoms with van der Waals surface area (Å²) in [5.41, 5.74) is 3.31. The largest absolute Gasteiger partial charge is 0.376 e. The molecule has 0 unspecified atom stereocenters. The molecular weight excluding hydrogens is 490 g/mol. The predicted molar refractivity (Wildman–Crippen MR) is 139 cm³/mol. The molecule has 4 aromatic rings. The van der Waals surface area contributed by atoms with Gasteiger partial charge in [0.25, 0.3) is 5.91 Å². The van der Waals surface area contributed by atoms with Gasteiger partial charge in [0.05, 0.1) is 54.2 Å². The Morgan fingerprint density at radius 2 is 1.92 bits per heavy atom. The van der Waals surface area contributed by atoms with Crippen LogP contribution in [0.3, 0.4) is 0 Å². The van der Waals surface area contributed by atoms with E-state index in [-0.39, 0.29) is 41.9 Å². The highest BCUT2D eigenvalue weighted by molar-refractivity contribution is 7.91. The molecule has 2 aliphatic rings. The van der Waals surface area contributed by atoms with Crippen LogP contribution in [0.25, 0.3) is 22.0 Å². The number of pyridine rings is 1. The molecule has 2 aromatic carbocycles. The maximum absolute atomic E-state index is 12.8. The molecule has 10 heteroatoms. The molecule has 2 aromatic heterocycles. The first-order valence-electron chi connectivity index (χ1n) is 12.1. The highest BCUT2D eigenvalue weighted by atomic mass is 32.2. The van der Waals surface area contributed by atoms with Crippen molar-refractivity contribution in [2.75, 3.05) is 30.3 Å². The first kappa shape index (κ1) is 23.5. The van der Waals surface area contributed by atoms with Crippen LogP contribution in [-0.4, -0.2) is 54.7 Å². The molecule has 1 N–H and O–H groups in total. The Labute approximate surface area is 214 Å². The van der Waals surface area contributed by atoms with Gasteiger partial charge in [-0.2, -0.15) is 0 Å². The van der Waals surface area contributed by atoms with E-state index in [1.165, 1.54) is 12.5 Å². The second-order valence-corrected chi connectivity index (χ2v) is 11.3. The lowest BCUT2D eigenvalue weighted by molar-refractivity contribution is 0.0950. The third-order valence-corrected chi connectivity index (χ3v) is 8.48. The molecule has 4 heterocycles. The van der Waals surface area contributed by atoms with Gasteiger partial charge >= 0.3 is 0 Å². The number of benzene rings is 2. The van der Waals surface area contributed by atoms with Crippen LogP contribution in [0.1, 0.15) is 28.0 Å². The van der Waals surface area contributed by atoms with Crippen molar-refractivity contribution in [1.29, 1.82) is 0 Å². The molecule has 1 amide bonds. The van der Waals surface area contributed by atoms with E-state index in [1.807, 2.05) is 24.3 Å². The Morgan fingerprint density at radius 1 is 1.03 bits per heavy atom. The van der Waals surface area contributed by atoms with Crippen LogP contribution in [0.2, 0.25) is 0 Å². The monoisotopic (exact) mass is 515 g/mol. The number of amides is 1. The number of nitrogens with one attached hydrogen (secondary N) is 1. The minimum Gasteiger partial charge on any atom is -0.376 e. The summed E-state index contributed by atoms with van der Waals surface area (Å²) >= 11 is 0. The van der Waals surface area contributed by atoms with Crippen LogP contribution < -0.4 is 10.2 Å². The fourth-order valence-corrected chi connectivity index (χ4v) is 5.86. The van der Waals surface area contributed by atoms with Gasteiger partial charge in [-0.05, 0) is 41.6 Å². The topological polar surface area (TPSA) is 114 Å². The number of sulfone groups is 1. The number of fused-ring (bicyclic) bond motifs is 2. The number of carbonyl (C=O) groups is 1. The standard InChI is InChI=1S/C27H25N5O4S/c33-27(19-3-5-21-17-36-8-9-37(34,35)25(21)12-19)30-14-23-11-22-10-18(2-4-20(22)13-29-23)24-15-28-16-26(31-24)32-6-1-7-32/h2-5,10-13,15-16H,1,6-9,14,17H2,(H,30,33). The van der Waals surface area contributed by atoms with Crippen LogP contribution >= 0.6 is 0 Å². The first-order chi connectivity index (χ1) is 18.0. The van der Waals surface area contributed by atoms with Crippen molar-refractivity contribution < 1.29 is 17.9 Å². The first-order valence-corrected chi connectivity index (χ1v) is 13.8. The third kappa shape index (κ3) is 4.77. The molecule has 6 rings (SSSR count). The minimum absolute atomic E-state index is 0.0950. The van der Waals surface area contributed by atoms with Crippen molar-refractivity contribution in [2.45, 2.75) is 24.5 Å². The van der Waals surface area contributed by atoms with E-state index in [9.17, 15) is 13.2 Å². The number of hydrogen-bond acceptors (Lipinski definition) is 8. The number of nitrogens with zero attached hydrogens (tertiary/aromatic N) is 4.